The molecule has 0 heterocycles. The van der Waals surface area contributed by atoms with Gasteiger partial charge in [-0.1, -0.05) is 29.3 Å². The lowest BCUT2D eigenvalue weighted by Gasteiger charge is -2.20. The highest BCUT2D eigenvalue weighted by Crippen LogP contribution is 2.31. The summed E-state index contributed by atoms with van der Waals surface area (Å²) >= 11 is 0. The van der Waals surface area contributed by atoms with Crippen LogP contribution in [0.2, 0.25) is 0 Å². The molecule has 0 bridgehead atoms. The summed E-state index contributed by atoms with van der Waals surface area (Å²) < 4.78 is 10.7. The summed E-state index contributed by atoms with van der Waals surface area (Å²) in [5.41, 5.74) is 3.40. The van der Waals surface area contributed by atoms with E-state index in [4.69, 9.17) is 9.47 Å². The fraction of sp³-hybridized carbons (Fsp3) is 0.333. The van der Waals surface area contributed by atoms with Gasteiger partial charge in [0.2, 0.25) is 5.91 Å². The number of likely N-dealkylation sites (N-methyl/N-ethyl adjacent to an activating group) is 1. The maximum atomic E-state index is 12.4. The number of hydrogen-bond acceptors (Lipinski definition) is 4. The molecule has 2 amide bonds. The Bertz CT molecular complexity index is 813. The molecule has 0 aliphatic carbocycles. The van der Waals surface area contributed by atoms with Gasteiger partial charge in [-0.2, -0.15) is 0 Å². The second kappa shape index (κ2) is 9.07. The van der Waals surface area contributed by atoms with Gasteiger partial charge < -0.3 is 19.7 Å². The highest BCUT2D eigenvalue weighted by molar-refractivity contribution is 5.96. The molecule has 144 valence electrons. The van der Waals surface area contributed by atoms with Gasteiger partial charge in [-0.25, -0.2) is 0 Å². The molecule has 0 saturated heterocycles. The lowest BCUT2D eigenvalue weighted by atomic mass is 10.1. The Hall–Kier alpha value is -3.02. The van der Waals surface area contributed by atoms with Crippen molar-refractivity contribution in [3.8, 4) is 11.5 Å². The van der Waals surface area contributed by atoms with Crippen molar-refractivity contribution < 1.29 is 19.1 Å². The molecule has 27 heavy (non-hydrogen) atoms. The van der Waals surface area contributed by atoms with Crippen molar-refractivity contribution in [2.45, 2.75) is 20.4 Å². The maximum Gasteiger partial charge on any atom is 0.251 e. The van der Waals surface area contributed by atoms with E-state index in [0.717, 1.165) is 16.7 Å². The lowest BCUT2D eigenvalue weighted by molar-refractivity contribution is -0.129. The number of nitrogens with zero attached hydrogens (tertiary/aromatic N) is 1. The van der Waals surface area contributed by atoms with Gasteiger partial charge in [0.05, 0.1) is 20.8 Å². The minimum atomic E-state index is -0.262. The van der Waals surface area contributed by atoms with Gasteiger partial charge >= 0.3 is 0 Å². The number of aryl methyl sites for hydroxylation is 2. The first kappa shape index (κ1) is 20.3. The summed E-state index contributed by atoms with van der Waals surface area (Å²) in [6, 6.07) is 11.1. The minimum absolute atomic E-state index is 0.0748. The summed E-state index contributed by atoms with van der Waals surface area (Å²) in [7, 11) is 4.82. The predicted molar refractivity (Wildman–Crippen MR) is 104 cm³/mol. The quantitative estimate of drug-likeness (QED) is 0.814. The zero-order valence-electron chi connectivity index (χ0n) is 16.5. The topological polar surface area (TPSA) is 67.9 Å². The van der Waals surface area contributed by atoms with Crippen LogP contribution in [0, 0.1) is 13.8 Å². The van der Waals surface area contributed by atoms with Crippen LogP contribution in [0.1, 0.15) is 27.0 Å². The molecule has 0 radical (unpaired) electrons. The van der Waals surface area contributed by atoms with Gasteiger partial charge in [0.1, 0.15) is 0 Å². The van der Waals surface area contributed by atoms with Crippen molar-refractivity contribution in [2.24, 2.45) is 0 Å². The molecule has 2 rings (SSSR count). The Kier molecular flexibility index (Phi) is 6.82. The van der Waals surface area contributed by atoms with E-state index in [-0.39, 0.29) is 18.4 Å². The monoisotopic (exact) mass is 370 g/mol. The lowest BCUT2D eigenvalue weighted by Crippen LogP contribution is -2.37. The summed E-state index contributed by atoms with van der Waals surface area (Å²) in [6.07, 6.45) is 0. The Labute approximate surface area is 160 Å². The molecule has 0 aliphatic heterocycles. The van der Waals surface area contributed by atoms with Crippen molar-refractivity contribution in [3.05, 3.63) is 58.7 Å². The molecule has 0 aromatic heterocycles. The molecule has 0 unspecified atom stereocenters. The molecule has 1 N–H and O–H groups in total. The number of carbonyl (C=O) groups excluding carboxylic acids is 2. The molecular formula is C21H26N2O4. The third-order valence-corrected chi connectivity index (χ3v) is 4.20. The second-order valence-corrected chi connectivity index (χ2v) is 6.46. The average molecular weight is 370 g/mol. The number of para-hydroxylation sites is 1. The van der Waals surface area contributed by atoms with Crippen molar-refractivity contribution in [1.29, 1.82) is 0 Å². The minimum Gasteiger partial charge on any atom is -0.493 e. The predicted octanol–water partition coefficient (Wildman–Crippen LogP) is 2.71. The first-order valence-electron chi connectivity index (χ1n) is 8.66. The smallest absolute Gasteiger partial charge is 0.251 e. The zero-order valence-corrected chi connectivity index (χ0v) is 16.5. The highest BCUT2D eigenvalue weighted by Gasteiger charge is 2.16. The van der Waals surface area contributed by atoms with Crippen LogP contribution in [0.3, 0.4) is 0 Å². The van der Waals surface area contributed by atoms with Gasteiger partial charge in [-0.05, 0) is 32.0 Å². The number of ether oxygens (including phenoxy) is 2. The first-order valence-corrected chi connectivity index (χ1v) is 8.66. The Morgan fingerprint density at radius 2 is 1.70 bits per heavy atom. The van der Waals surface area contributed by atoms with E-state index in [1.807, 2.05) is 32.0 Å². The zero-order chi connectivity index (χ0) is 20.0. The Morgan fingerprint density at radius 3 is 2.30 bits per heavy atom. The van der Waals surface area contributed by atoms with Crippen molar-refractivity contribution in [3.63, 3.8) is 0 Å². The van der Waals surface area contributed by atoms with E-state index in [1.54, 1.807) is 44.4 Å². The van der Waals surface area contributed by atoms with Gasteiger partial charge in [-0.15, -0.1) is 0 Å². The molecule has 0 saturated carbocycles. The van der Waals surface area contributed by atoms with Crippen molar-refractivity contribution in [1.82, 2.24) is 10.2 Å². The number of amides is 2. The number of nitrogens with one attached hydrogen (secondary N) is 1. The molecule has 0 aliphatic rings. The van der Waals surface area contributed by atoms with Gasteiger partial charge in [0, 0.05) is 24.7 Å². The van der Waals surface area contributed by atoms with Crippen LogP contribution >= 0.6 is 0 Å². The second-order valence-electron chi connectivity index (χ2n) is 6.46. The molecule has 0 atom stereocenters. The highest BCUT2D eigenvalue weighted by atomic mass is 16.5. The SMILES string of the molecule is COc1cccc(CN(C)C(=O)CNC(=O)c2cc(C)cc(C)c2)c1OC. The molecule has 0 spiro atoms. The van der Waals surface area contributed by atoms with E-state index in [9.17, 15) is 9.59 Å². The average Bonchev–Trinajstić information content (AvgIpc) is 2.64. The molecule has 0 fully saturated rings. The maximum absolute atomic E-state index is 12.4. The van der Waals surface area contributed by atoms with Crippen LogP contribution in [0.4, 0.5) is 0 Å². The van der Waals surface area contributed by atoms with Gasteiger partial charge in [0.25, 0.3) is 5.91 Å². The number of benzene rings is 2. The largest absolute Gasteiger partial charge is 0.493 e. The standard InChI is InChI=1S/C21H26N2O4/c1-14-9-15(2)11-17(10-14)21(25)22-12-19(24)23(3)13-16-7-6-8-18(26-4)20(16)27-5/h6-11H,12-13H2,1-5H3,(H,22,25). The molecule has 6 heteroatoms. The third-order valence-electron chi connectivity index (χ3n) is 4.20. The molecule has 2 aromatic rings. The molecule has 2 aromatic carbocycles. The normalized spacial score (nSPS) is 10.3. The van der Waals surface area contributed by atoms with Crippen molar-refractivity contribution in [2.75, 3.05) is 27.8 Å². The van der Waals surface area contributed by atoms with Crippen LogP contribution < -0.4 is 14.8 Å². The third kappa shape index (κ3) is 5.23. The number of hydrogen-bond donors (Lipinski definition) is 1. The number of carbonyl (C=O) groups is 2. The van der Waals surface area contributed by atoms with Gasteiger partial charge in [0.15, 0.2) is 11.5 Å². The number of methoxy groups -OCH3 is 2. The fourth-order valence-electron chi connectivity index (χ4n) is 2.92. The van der Waals surface area contributed by atoms with E-state index < -0.39 is 0 Å². The Balaban J connectivity index is 1.99. The van der Waals surface area contributed by atoms with Crippen LogP contribution in [0.15, 0.2) is 36.4 Å². The van der Waals surface area contributed by atoms with Crippen LogP contribution in [0.5, 0.6) is 11.5 Å². The van der Waals surface area contributed by atoms with Crippen LogP contribution in [-0.4, -0.2) is 44.5 Å². The fourth-order valence-corrected chi connectivity index (χ4v) is 2.92. The van der Waals surface area contributed by atoms with E-state index in [1.165, 1.54) is 0 Å². The molecule has 6 nitrogen and oxygen atoms in total. The van der Waals surface area contributed by atoms with Crippen LogP contribution in [-0.2, 0) is 11.3 Å². The first-order chi connectivity index (χ1) is 12.8. The van der Waals surface area contributed by atoms with E-state index in [2.05, 4.69) is 5.32 Å². The van der Waals surface area contributed by atoms with Crippen molar-refractivity contribution >= 4 is 11.8 Å². The number of rotatable bonds is 7. The van der Waals surface area contributed by atoms with Crippen LogP contribution in [0.25, 0.3) is 0 Å². The van der Waals surface area contributed by atoms with E-state index >= 15 is 0 Å². The van der Waals surface area contributed by atoms with E-state index in [0.29, 0.717) is 23.6 Å². The summed E-state index contributed by atoms with van der Waals surface area (Å²) in [4.78, 5) is 26.3. The molecular weight excluding hydrogens is 344 g/mol. The van der Waals surface area contributed by atoms with Gasteiger partial charge in [-0.3, -0.25) is 9.59 Å². The summed E-state index contributed by atoms with van der Waals surface area (Å²) in [6.45, 7) is 4.14. The summed E-state index contributed by atoms with van der Waals surface area (Å²) in [5, 5.41) is 2.68. The summed E-state index contributed by atoms with van der Waals surface area (Å²) in [5.74, 6) is 0.748. The Morgan fingerprint density at radius 1 is 1.04 bits per heavy atom.